The first-order valence-corrected chi connectivity index (χ1v) is 6.00. The summed E-state index contributed by atoms with van der Waals surface area (Å²) in [6.45, 7) is 0. The lowest BCUT2D eigenvalue weighted by Crippen LogP contribution is -2.28. The number of hydrazine groups is 1. The lowest BCUT2D eigenvalue weighted by Gasteiger charge is -2.16. The van der Waals surface area contributed by atoms with E-state index in [4.69, 9.17) is 5.84 Å². The predicted molar refractivity (Wildman–Crippen MR) is 69.0 cm³/mol. The van der Waals surface area contributed by atoms with Crippen molar-refractivity contribution in [2.24, 2.45) is 5.84 Å². The number of rotatable bonds is 5. The van der Waals surface area contributed by atoms with E-state index in [1.54, 1.807) is 12.4 Å². The summed E-state index contributed by atoms with van der Waals surface area (Å²) in [7, 11) is 0. The average molecular weight is 263 g/mol. The molecule has 0 radical (unpaired) electrons. The topological polar surface area (TPSA) is 50.9 Å². The zero-order chi connectivity index (χ0) is 13.7. The van der Waals surface area contributed by atoms with Gasteiger partial charge in [-0.25, -0.2) is 8.78 Å². The summed E-state index contributed by atoms with van der Waals surface area (Å²) in [4.78, 5) is 4.03. The summed E-state index contributed by atoms with van der Waals surface area (Å²) in [6, 6.07) is 7.41. The molecule has 3 N–H and O–H groups in total. The van der Waals surface area contributed by atoms with E-state index in [0.29, 0.717) is 12.0 Å². The highest BCUT2D eigenvalue weighted by Gasteiger charge is 2.12. The first-order valence-electron chi connectivity index (χ1n) is 6.00. The van der Waals surface area contributed by atoms with Gasteiger partial charge in [-0.3, -0.25) is 16.3 Å². The smallest absolute Gasteiger partial charge is 0.159 e. The van der Waals surface area contributed by atoms with Crippen LogP contribution in [0.2, 0.25) is 0 Å². The molecule has 0 aliphatic rings. The highest BCUT2D eigenvalue weighted by atomic mass is 19.2. The molecular formula is C14H15F2N3. The molecule has 1 aromatic carbocycles. The number of pyridine rings is 1. The van der Waals surface area contributed by atoms with Gasteiger partial charge in [-0.2, -0.15) is 0 Å². The standard InChI is InChI=1S/C14H15F2N3/c15-12-5-4-11(8-13(12)16)14(19-17)6-3-10-2-1-7-18-9-10/h1-2,4-5,7-9,14,19H,3,6,17H2. The van der Waals surface area contributed by atoms with Crippen molar-refractivity contribution in [3.05, 3.63) is 65.5 Å². The van der Waals surface area contributed by atoms with Crippen LogP contribution in [-0.4, -0.2) is 4.98 Å². The van der Waals surface area contributed by atoms with Crippen LogP contribution in [0.3, 0.4) is 0 Å². The largest absolute Gasteiger partial charge is 0.271 e. The Morgan fingerprint density at radius 3 is 2.68 bits per heavy atom. The van der Waals surface area contributed by atoms with Gasteiger partial charge in [0, 0.05) is 18.4 Å². The molecule has 0 saturated heterocycles. The Morgan fingerprint density at radius 1 is 1.21 bits per heavy atom. The van der Waals surface area contributed by atoms with Crippen LogP contribution in [0.15, 0.2) is 42.7 Å². The Labute approximate surface area is 110 Å². The van der Waals surface area contributed by atoms with Crippen molar-refractivity contribution in [2.45, 2.75) is 18.9 Å². The van der Waals surface area contributed by atoms with E-state index >= 15 is 0 Å². The second-order valence-corrected chi connectivity index (χ2v) is 4.29. The molecule has 1 heterocycles. The first kappa shape index (κ1) is 13.6. The number of aromatic nitrogens is 1. The summed E-state index contributed by atoms with van der Waals surface area (Å²) >= 11 is 0. The summed E-state index contributed by atoms with van der Waals surface area (Å²) in [5, 5.41) is 0. The van der Waals surface area contributed by atoms with E-state index in [1.807, 2.05) is 12.1 Å². The van der Waals surface area contributed by atoms with Gasteiger partial charge in [-0.05, 0) is 42.2 Å². The van der Waals surface area contributed by atoms with E-state index in [2.05, 4.69) is 10.4 Å². The number of aryl methyl sites for hydroxylation is 1. The molecular weight excluding hydrogens is 248 g/mol. The molecule has 2 aromatic rings. The van der Waals surface area contributed by atoms with Crippen molar-refractivity contribution in [2.75, 3.05) is 0 Å². The number of halogens is 2. The number of nitrogens with zero attached hydrogens (tertiary/aromatic N) is 1. The molecule has 3 nitrogen and oxygen atoms in total. The normalized spacial score (nSPS) is 12.4. The Hall–Kier alpha value is -1.85. The SMILES string of the molecule is NNC(CCc1cccnc1)c1ccc(F)c(F)c1. The summed E-state index contributed by atoms with van der Waals surface area (Å²) in [5.74, 6) is 3.76. The summed E-state index contributed by atoms with van der Waals surface area (Å²) < 4.78 is 26.1. The number of nitrogens with two attached hydrogens (primary N) is 1. The molecule has 0 fully saturated rings. The molecule has 0 aliphatic heterocycles. The van der Waals surface area contributed by atoms with Gasteiger partial charge >= 0.3 is 0 Å². The summed E-state index contributed by atoms with van der Waals surface area (Å²) in [6.07, 6.45) is 4.91. The van der Waals surface area contributed by atoms with Crippen molar-refractivity contribution in [1.29, 1.82) is 0 Å². The molecule has 100 valence electrons. The van der Waals surface area contributed by atoms with Crippen molar-refractivity contribution < 1.29 is 8.78 Å². The fraction of sp³-hybridized carbons (Fsp3) is 0.214. The molecule has 0 amide bonds. The lowest BCUT2D eigenvalue weighted by atomic mass is 10.00. The van der Waals surface area contributed by atoms with Crippen LogP contribution in [0, 0.1) is 11.6 Å². The molecule has 0 spiro atoms. The zero-order valence-electron chi connectivity index (χ0n) is 10.3. The fourth-order valence-corrected chi connectivity index (χ4v) is 1.93. The van der Waals surface area contributed by atoms with Gasteiger partial charge in [0.05, 0.1) is 0 Å². The number of hydrogen-bond donors (Lipinski definition) is 2. The van der Waals surface area contributed by atoms with E-state index < -0.39 is 11.6 Å². The number of nitrogens with one attached hydrogen (secondary N) is 1. The van der Waals surface area contributed by atoms with Gasteiger partial charge in [-0.15, -0.1) is 0 Å². The van der Waals surface area contributed by atoms with Crippen LogP contribution in [0.25, 0.3) is 0 Å². The molecule has 1 aromatic heterocycles. The van der Waals surface area contributed by atoms with Crippen LogP contribution >= 0.6 is 0 Å². The predicted octanol–water partition coefficient (Wildman–Crippen LogP) is 2.50. The average Bonchev–Trinajstić information content (AvgIpc) is 2.44. The molecule has 0 saturated carbocycles. The highest BCUT2D eigenvalue weighted by molar-refractivity contribution is 5.21. The van der Waals surface area contributed by atoms with E-state index in [9.17, 15) is 8.78 Å². The van der Waals surface area contributed by atoms with Gasteiger partial charge < -0.3 is 0 Å². The third-order valence-corrected chi connectivity index (χ3v) is 2.99. The van der Waals surface area contributed by atoms with E-state index in [0.717, 1.165) is 18.1 Å². The molecule has 0 aliphatic carbocycles. The number of hydrogen-bond acceptors (Lipinski definition) is 3. The minimum absolute atomic E-state index is 0.227. The van der Waals surface area contributed by atoms with Gasteiger partial charge in [0.15, 0.2) is 11.6 Å². The Bertz CT molecular complexity index is 531. The van der Waals surface area contributed by atoms with Gasteiger partial charge in [0.1, 0.15) is 0 Å². The molecule has 1 unspecified atom stereocenters. The van der Waals surface area contributed by atoms with Gasteiger partial charge in [-0.1, -0.05) is 12.1 Å². The van der Waals surface area contributed by atoms with Crippen LogP contribution in [0.5, 0.6) is 0 Å². The third kappa shape index (κ3) is 3.56. The van der Waals surface area contributed by atoms with Crippen LogP contribution < -0.4 is 11.3 Å². The maximum absolute atomic E-state index is 13.2. The Kier molecular flexibility index (Phi) is 4.54. The van der Waals surface area contributed by atoms with Crippen LogP contribution in [-0.2, 0) is 6.42 Å². The molecule has 5 heteroatoms. The molecule has 0 bridgehead atoms. The minimum atomic E-state index is -0.862. The molecule has 2 rings (SSSR count). The lowest BCUT2D eigenvalue weighted by molar-refractivity contribution is 0.488. The third-order valence-electron chi connectivity index (χ3n) is 2.99. The highest BCUT2D eigenvalue weighted by Crippen LogP contribution is 2.20. The summed E-state index contributed by atoms with van der Waals surface area (Å²) in [5.41, 5.74) is 4.33. The zero-order valence-corrected chi connectivity index (χ0v) is 10.3. The van der Waals surface area contributed by atoms with Crippen molar-refractivity contribution >= 4 is 0 Å². The monoisotopic (exact) mass is 263 g/mol. The maximum atomic E-state index is 13.2. The maximum Gasteiger partial charge on any atom is 0.159 e. The van der Waals surface area contributed by atoms with E-state index in [1.165, 1.54) is 12.1 Å². The minimum Gasteiger partial charge on any atom is -0.271 e. The second kappa shape index (κ2) is 6.36. The van der Waals surface area contributed by atoms with Crippen molar-refractivity contribution in [3.63, 3.8) is 0 Å². The van der Waals surface area contributed by atoms with Crippen molar-refractivity contribution in [1.82, 2.24) is 10.4 Å². The van der Waals surface area contributed by atoms with Crippen LogP contribution in [0.4, 0.5) is 8.78 Å². The van der Waals surface area contributed by atoms with Crippen LogP contribution in [0.1, 0.15) is 23.6 Å². The molecule has 19 heavy (non-hydrogen) atoms. The number of benzene rings is 1. The second-order valence-electron chi connectivity index (χ2n) is 4.29. The van der Waals surface area contributed by atoms with Crippen molar-refractivity contribution in [3.8, 4) is 0 Å². The van der Waals surface area contributed by atoms with Gasteiger partial charge in [0.25, 0.3) is 0 Å². The van der Waals surface area contributed by atoms with E-state index in [-0.39, 0.29) is 6.04 Å². The van der Waals surface area contributed by atoms with Gasteiger partial charge in [0.2, 0.25) is 0 Å². The first-order chi connectivity index (χ1) is 9.20. The molecule has 1 atom stereocenters. The Morgan fingerprint density at radius 2 is 2.05 bits per heavy atom. The Balaban J connectivity index is 2.05. The quantitative estimate of drug-likeness (QED) is 0.643. The fourth-order valence-electron chi connectivity index (χ4n) is 1.93.